The van der Waals surface area contributed by atoms with Crippen molar-refractivity contribution < 1.29 is 14.3 Å². The number of carbonyl (C=O) groups is 2. The highest BCUT2D eigenvalue weighted by atomic mass is 35.5. The fourth-order valence-corrected chi connectivity index (χ4v) is 3.65. The summed E-state index contributed by atoms with van der Waals surface area (Å²) in [5.74, 6) is -0.650. The summed E-state index contributed by atoms with van der Waals surface area (Å²) in [5.41, 5.74) is 2.76. The number of amides is 1. The molecule has 0 aliphatic heterocycles. The van der Waals surface area contributed by atoms with Crippen LogP contribution in [-0.4, -0.2) is 28.2 Å². The Morgan fingerprint density at radius 1 is 1.13 bits per heavy atom. The summed E-state index contributed by atoms with van der Waals surface area (Å²) in [6.45, 7) is -0.0570. The van der Waals surface area contributed by atoms with Crippen LogP contribution in [0.4, 0.5) is 0 Å². The van der Waals surface area contributed by atoms with Crippen molar-refractivity contribution in [1.82, 2.24) is 15.1 Å². The van der Waals surface area contributed by atoms with Crippen LogP contribution in [0.15, 0.2) is 54.7 Å². The number of benzene rings is 2. The zero-order valence-electron chi connectivity index (χ0n) is 16.0. The normalized spacial score (nSPS) is 13.1. The molecule has 0 unspecified atom stereocenters. The monoisotopic (exact) mass is 443 g/mol. The summed E-state index contributed by atoms with van der Waals surface area (Å²) < 4.78 is 6.88. The number of esters is 1. The Labute approximate surface area is 183 Å². The van der Waals surface area contributed by atoms with Gasteiger partial charge in [-0.25, -0.2) is 4.68 Å². The SMILES string of the molecule is O=C(CNC(=O)c1cnn(-c2ccc(Cl)cc2Cl)c1C1CC1)OCc1ccccc1. The summed E-state index contributed by atoms with van der Waals surface area (Å²) in [7, 11) is 0. The van der Waals surface area contributed by atoms with Crippen LogP contribution < -0.4 is 5.32 Å². The summed E-state index contributed by atoms with van der Waals surface area (Å²) in [4.78, 5) is 24.7. The van der Waals surface area contributed by atoms with Crippen molar-refractivity contribution in [2.24, 2.45) is 0 Å². The van der Waals surface area contributed by atoms with E-state index in [1.807, 2.05) is 30.3 Å². The van der Waals surface area contributed by atoms with E-state index in [1.54, 1.807) is 22.9 Å². The van der Waals surface area contributed by atoms with Crippen LogP contribution in [-0.2, 0) is 16.1 Å². The molecule has 30 heavy (non-hydrogen) atoms. The van der Waals surface area contributed by atoms with E-state index in [0.717, 1.165) is 24.1 Å². The molecule has 6 nitrogen and oxygen atoms in total. The van der Waals surface area contributed by atoms with Gasteiger partial charge >= 0.3 is 5.97 Å². The number of nitrogens with one attached hydrogen (secondary N) is 1. The van der Waals surface area contributed by atoms with E-state index in [9.17, 15) is 9.59 Å². The van der Waals surface area contributed by atoms with Gasteiger partial charge in [0.05, 0.1) is 28.2 Å². The van der Waals surface area contributed by atoms with E-state index in [1.165, 1.54) is 6.20 Å². The Kier molecular flexibility index (Phi) is 6.06. The van der Waals surface area contributed by atoms with E-state index in [-0.39, 0.29) is 25.0 Å². The number of ether oxygens (including phenoxy) is 1. The molecule has 1 amide bonds. The molecule has 0 radical (unpaired) electrons. The number of nitrogens with zero attached hydrogens (tertiary/aromatic N) is 2. The lowest BCUT2D eigenvalue weighted by Gasteiger charge is -2.11. The smallest absolute Gasteiger partial charge is 0.325 e. The summed E-state index contributed by atoms with van der Waals surface area (Å²) >= 11 is 12.3. The standard InChI is InChI=1S/C22H19Cl2N3O3/c23-16-8-9-19(18(24)10-16)27-21(15-6-7-15)17(11-26-27)22(29)25-12-20(28)30-13-14-4-2-1-3-5-14/h1-5,8-11,15H,6-7,12-13H2,(H,25,29). The van der Waals surface area contributed by atoms with Crippen LogP contribution in [0.3, 0.4) is 0 Å². The molecule has 0 bridgehead atoms. The van der Waals surface area contributed by atoms with E-state index >= 15 is 0 Å². The molecule has 1 heterocycles. The zero-order valence-corrected chi connectivity index (χ0v) is 17.5. The molecule has 1 aromatic heterocycles. The van der Waals surface area contributed by atoms with Gasteiger partial charge in [-0.2, -0.15) is 5.10 Å². The average Bonchev–Trinajstić information content (AvgIpc) is 3.49. The zero-order chi connectivity index (χ0) is 21.1. The first-order valence-electron chi connectivity index (χ1n) is 9.54. The third-order valence-corrected chi connectivity index (χ3v) is 5.33. The second kappa shape index (κ2) is 8.90. The van der Waals surface area contributed by atoms with Crippen LogP contribution in [0.5, 0.6) is 0 Å². The fraction of sp³-hybridized carbons (Fsp3) is 0.227. The second-order valence-corrected chi connectivity index (χ2v) is 7.90. The minimum atomic E-state index is -0.506. The van der Waals surface area contributed by atoms with E-state index in [2.05, 4.69) is 10.4 Å². The Morgan fingerprint density at radius 2 is 1.90 bits per heavy atom. The number of hydrogen-bond acceptors (Lipinski definition) is 4. The van der Waals surface area contributed by atoms with Gasteiger partial charge in [0.15, 0.2) is 0 Å². The number of rotatable bonds is 7. The lowest BCUT2D eigenvalue weighted by molar-refractivity contribution is -0.143. The van der Waals surface area contributed by atoms with Crippen molar-refractivity contribution in [3.8, 4) is 5.69 Å². The van der Waals surface area contributed by atoms with Gasteiger partial charge in [-0.05, 0) is 36.6 Å². The highest BCUT2D eigenvalue weighted by Crippen LogP contribution is 2.43. The maximum absolute atomic E-state index is 12.7. The molecular formula is C22H19Cl2N3O3. The molecule has 1 aliphatic rings. The first kappa shape index (κ1) is 20.4. The molecule has 8 heteroatoms. The topological polar surface area (TPSA) is 73.2 Å². The van der Waals surface area contributed by atoms with E-state index < -0.39 is 5.97 Å². The Bertz CT molecular complexity index is 1080. The van der Waals surface area contributed by atoms with Gasteiger partial charge in [-0.15, -0.1) is 0 Å². The van der Waals surface area contributed by atoms with Gasteiger partial charge in [0, 0.05) is 10.9 Å². The minimum absolute atomic E-state index is 0.163. The van der Waals surface area contributed by atoms with Crippen molar-refractivity contribution in [1.29, 1.82) is 0 Å². The molecule has 3 aromatic rings. The van der Waals surface area contributed by atoms with Crippen LogP contribution >= 0.6 is 23.2 Å². The number of carbonyl (C=O) groups excluding carboxylic acids is 2. The molecule has 1 N–H and O–H groups in total. The first-order valence-corrected chi connectivity index (χ1v) is 10.3. The van der Waals surface area contributed by atoms with Crippen molar-refractivity contribution in [3.63, 3.8) is 0 Å². The van der Waals surface area contributed by atoms with Crippen molar-refractivity contribution in [3.05, 3.63) is 81.6 Å². The van der Waals surface area contributed by atoms with Gasteiger partial charge in [0.25, 0.3) is 5.91 Å². The van der Waals surface area contributed by atoms with Crippen LogP contribution in [0, 0.1) is 0 Å². The molecule has 154 valence electrons. The first-order chi connectivity index (χ1) is 14.5. The number of hydrogen-bond donors (Lipinski definition) is 1. The molecule has 1 aliphatic carbocycles. The largest absolute Gasteiger partial charge is 0.460 e. The van der Waals surface area contributed by atoms with Gasteiger partial charge in [-0.1, -0.05) is 53.5 Å². The van der Waals surface area contributed by atoms with Crippen molar-refractivity contribution >= 4 is 35.1 Å². The highest BCUT2D eigenvalue weighted by molar-refractivity contribution is 6.35. The summed E-state index contributed by atoms with van der Waals surface area (Å²) in [6, 6.07) is 14.5. The second-order valence-electron chi connectivity index (χ2n) is 7.05. The Hall–Kier alpha value is -2.83. The maximum atomic E-state index is 12.7. The molecule has 2 aromatic carbocycles. The summed E-state index contributed by atoms with van der Waals surface area (Å²) in [5, 5.41) is 7.97. The molecule has 0 saturated heterocycles. The minimum Gasteiger partial charge on any atom is -0.460 e. The fourth-order valence-electron chi connectivity index (χ4n) is 3.16. The Balaban J connectivity index is 1.44. The Morgan fingerprint density at radius 3 is 2.60 bits per heavy atom. The molecule has 4 rings (SSSR count). The molecule has 1 saturated carbocycles. The van der Waals surface area contributed by atoms with Gasteiger partial charge in [0.2, 0.25) is 0 Å². The predicted molar refractivity (Wildman–Crippen MR) is 114 cm³/mol. The quantitative estimate of drug-likeness (QED) is 0.544. The third-order valence-electron chi connectivity index (χ3n) is 4.79. The third kappa shape index (κ3) is 4.66. The van der Waals surface area contributed by atoms with Crippen LogP contribution in [0.2, 0.25) is 10.0 Å². The number of halogens is 2. The molecule has 0 spiro atoms. The molecular weight excluding hydrogens is 425 g/mol. The van der Waals surface area contributed by atoms with Gasteiger partial charge in [-0.3, -0.25) is 9.59 Å². The molecule has 0 atom stereocenters. The predicted octanol–water partition coefficient (Wildman–Crippen LogP) is 4.53. The van der Waals surface area contributed by atoms with Crippen LogP contribution in [0.1, 0.15) is 40.4 Å². The van der Waals surface area contributed by atoms with Gasteiger partial charge in [0.1, 0.15) is 13.2 Å². The lowest BCUT2D eigenvalue weighted by Crippen LogP contribution is -2.31. The maximum Gasteiger partial charge on any atom is 0.325 e. The average molecular weight is 444 g/mol. The molecule has 1 fully saturated rings. The van der Waals surface area contributed by atoms with E-state index in [4.69, 9.17) is 27.9 Å². The van der Waals surface area contributed by atoms with Crippen molar-refractivity contribution in [2.75, 3.05) is 6.54 Å². The van der Waals surface area contributed by atoms with E-state index in [0.29, 0.717) is 21.3 Å². The van der Waals surface area contributed by atoms with Gasteiger partial charge < -0.3 is 10.1 Å². The summed E-state index contributed by atoms with van der Waals surface area (Å²) in [6.07, 6.45) is 3.44. The number of aromatic nitrogens is 2. The van der Waals surface area contributed by atoms with Crippen LogP contribution in [0.25, 0.3) is 5.69 Å². The lowest BCUT2D eigenvalue weighted by atomic mass is 10.1. The highest BCUT2D eigenvalue weighted by Gasteiger charge is 2.33. The van der Waals surface area contributed by atoms with Crippen molar-refractivity contribution in [2.45, 2.75) is 25.4 Å².